The molecule has 0 aromatic carbocycles. The molecule has 7 N–H and O–H groups in total. The second kappa shape index (κ2) is 22.1. The molecule has 0 rings (SSSR count). The maximum atomic E-state index is 2.33. The van der Waals surface area contributed by atoms with Crippen molar-refractivity contribution in [3.05, 3.63) is 0 Å². The number of nitrogens with zero attached hydrogens (tertiary/aromatic N) is 1. The normalized spacial score (nSPS) is 9.71. The molecule has 5 nitrogen and oxygen atoms in total. The number of hydrogen-bond donors (Lipinski definition) is 0. The highest BCUT2D eigenvalue weighted by atomic mass is 16.0. The Bertz CT molecular complexity index is 131. The molecule has 0 bridgehead atoms. The maximum absolute atomic E-state index is 2.33. The molecule has 0 aliphatic heterocycles. The van der Waals surface area contributed by atoms with E-state index in [2.05, 4.69) is 27.7 Å². The van der Waals surface area contributed by atoms with Crippen molar-refractivity contribution in [3.63, 3.8) is 0 Å². The smallest absolute Gasteiger partial charge is 0.0786 e. The highest BCUT2D eigenvalue weighted by Gasteiger charge is 2.24. The van der Waals surface area contributed by atoms with E-state index in [1.165, 1.54) is 82.0 Å². The molecule has 0 heterocycles. The van der Waals surface area contributed by atoms with Crippen LogP contribution in [0.3, 0.4) is 0 Å². The van der Waals surface area contributed by atoms with Gasteiger partial charge < -0.3 is 26.4 Å². The summed E-state index contributed by atoms with van der Waals surface area (Å²) >= 11 is 0. The van der Waals surface area contributed by atoms with Gasteiger partial charge in [0.25, 0.3) is 0 Å². The number of rotatable bonds is 12. The molecule has 0 atom stereocenters. The Morgan fingerprint density at radius 2 is 0.667 bits per heavy atom. The van der Waals surface area contributed by atoms with Crippen LogP contribution in [0.15, 0.2) is 0 Å². The first-order valence-corrected chi connectivity index (χ1v) is 8.09. The third-order valence-electron chi connectivity index (χ3n) is 3.94. The van der Waals surface area contributed by atoms with Crippen molar-refractivity contribution >= 4 is 0 Å². The lowest BCUT2D eigenvalue weighted by atomic mass is 10.1. The van der Waals surface area contributed by atoms with Crippen LogP contribution in [0.5, 0.6) is 0 Å². The predicted molar refractivity (Wildman–Crippen MR) is 92.1 cm³/mol. The Labute approximate surface area is 132 Å². The fraction of sp³-hybridized carbons (Fsp3) is 1.00. The standard InChI is InChI=1S/C16H36N.4H2O/c1-5-9-13-17(14-10-6-2,15-11-7-3)16-12-8-4;;;;/h5-16H2,1-4H3;4*1H2/q+1;;;;/p-1. The van der Waals surface area contributed by atoms with Crippen LogP contribution in [0.25, 0.3) is 0 Å². The highest BCUT2D eigenvalue weighted by Crippen LogP contribution is 2.16. The van der Waals surface area contributed by atoms with Gasteiger partial charge in [-0.1, -0.05) is 53.4 Å². The zero-order valence-corrected chi connectivity index (χ0v) is 14.9. The van der Waals surface area contributed by atoms with Crippen molar-refractivity contribution < 1.29 is 26.4 Å². The lowest BCUT2D eigenvalue weighted by molar-refractivity contribution is -0.929. The molecule has 0 aromatic rings. The molecule has 0 saturated carbocycles. The molecule has 5 heteroatoms. The van der Waals surface area contributed by atoms with Gasteiger partial charge >= 0.3 is 0 Å². The number of quaternary nitrogens is 1. The van der Waals surface area contributed by atoms with Gasteiger partial charge in [0.2, 0.25) is 0 Å². The Morgan fingerprint density at radius 3 is 0.810 bits per heavy atom. The molecule has 0 radical (unpaired) electrons. The minimum atomic E-state index is 0. The van der Waals surface area contributed by atoms with E-state index in [9.17, 15) is 0 Å². The van der Waals surface area contributed by atoms with Gasteiger partial charge in [-0.05, 0) is 25.7 Å². The summed E-state index contributed by atoms with van der Waals surface area (Å²) in [6, 6.07) is 0. The molecule has 0 unspecified atom stereocenters. The van der Waals surface area contributed by atoms with Gasteiger partial charge in [-0.25, -0.2) is 0 Å². The van der Waals surface area contributed by atoms with E-state index in [-0.39, 0.29) is 21.9 Å². The highest BCUT2D eigenvalue weighted by molar-refractivity contribution is 4.49. The zero-order valence-electron chi connectivity index (χ0n) is 14.9. The number of unbranched alkanes of at least 4 members (excludes halogenated alkanes) is 4. The van der Waals surface area contributed by atoms with Gasteiger partial charge in [-0.2, -0.15) is 0 Å². The summed E-state index contributed by atoms with van der Waals surface area (Å²) in [4.78, 5) is 0. The van der Waals surface area contributed by atoms with E-state index in [0.717, 1.165) is 0 Å². The van der Waals surface area contributed by atoms with Crippen molar-refractivity contribution in [2.45, 2.75) is 79.1 Å². The first kappa shape index (κ1) is 32.7. The molecule has 0 amide bonds. The van der Waals surface area contributed by atoms with Crippen LogP contribution < -0.4 is 0 Å². The van der Waals surface area contributed by atoms with Gasteiger partial charge in [0.1, 0.15) is 0 Å². The molecule has 0 aromatic heterocycles. The van der Waals surface area contributed by atoms with Crippen LogP contribution in [-0.4, -0.2) is 52.6 Å². The molecule has 0 fully saturated rings. The van der Waals surface area contributed by atoms with E-state index in [4.69, 9.17) is 0 Å². The van der Waals surface area contributed by atoms with Crippen LogP contribution >= 0.6 is 0 Å². The summed E-state index contributed by atoms with van der Waals surface area (Å²) in [7, 11) is 0. The largest absolute Gasteiger partial charge is 0.870 e. The van der Waals surface area contributed by atoms with Crippen LogP contribution in [0, 0.1) is 0 Å². The van der Waals surface area contributed by atoms with E-state index in [1.54, 1.807) is 0 Å². The maximum Gasteiger partial charge on any atom is 0.0786 e. The van der Waals surface area contributed by atoms with Crippen LogP contribution in [0.2, 0.25) is 0 Å². The van der Waals surface area contributed by atoms with Crippen LogP contribution in [-0.2, 0) is 0 Å². The molecular formula is C16H43NO4. The summed E-state index contributed by atoms with van der Waals surface area (Å²) in [6.07, 6.45) is 11.1. The average Bonchev–Trinajstić information content (AvgIpc) is 2.37. The van der Waals surface area contributed by atoms with Crippen molar-refractivity contribution in [2.75, 3.05) is 26.2 Å². The summed E-state index contributed by atoms with van der Waals surface area (Å²) in [5.74, 6) is 0. The van der Waals surface area contributed by atoms with Crippen molar-refractivity contribution in [1.82, 2.24) is 0 Å². The molecule has 0 spiro atoms. The van der Waals surface area contributed by atoms with E-state index in [0.29, 0.717) is 0 Å². The Hall–Kier alpha value is -0.200. The lowest BCUT2D eigenvalue weighted by Crippen LogP contribution is -2.50. The van der Waals surface area contributed by atoms with E-state index < -0.39 is 0 Å². The Kier molecular flexibility index (Phi) is 34.4. The number of hydrogen-bond acceptors (Lipinski definition) is 1. The minimum absolute atomic E-state index is 0. The van der Waals surface area contributed by atoms with Crippen molar-refractivity contribution in [2.24, 2.45) is 0 Å². The third kappa shape index (κ3) is 16.0. The average molecular weight is 314 g/mol. The van der Waals surface area contributed by atoms with Gasteiger partial charge in [0, 0.05) is 0 Å². The zero-order chi connectivity index (χ0) is 13.0. The van der Waals surface area contributed by atoms with Crippen molar-refractivity contribution in [1.29, 1.82) is 0 Å². The predicted octanol–water partition coefficient (Wildman–Crippen LogP) is 2.35. The topological polar surface area (TPSA) is 124 Å². The minimum Gasteiger partial charge on any atom is -0.870 e. The van der Waals surface area contributed by atoms with Gasteiger partial charge in [0.15, 0.2) is 0 Å². The Morgan fingerprint density at radius 1 is 0.476 bits per heavy atom. The first-order chi connectivity index (χ1) is 8.24. The quantitative estimate of drug-likeness (QED) is 0.504. The summed E-state index contributed by atoms with van der Waals surface area (Å²) in [5.41, 5.74) is 0. The summed E-state index contributed by atoms with van der Waals surface area (Å²) in [6.45, 7) is 15.0. The second-order valence-electron chi connectivity index (χ2n) is 5.65. The molecule has 0 aliphatic carbocycles. The van der Waals surface area contributed by atoms with E-state index in [1.807, 2.05) is 0 Å². The molecule has 21 heavy (non-hydrogen) atoms. The SMILES string of the molecule is CCCC[N+](CCCC)(CCCC)CCCC.O.O.O.[OH-]. The fourth-order valence-electron chi connectivity index (χ4n) is 2.64. The van der Waals surface area contributed by atoms with Gasteiger partial charge in [0.05, 0.1) is 26.2 Å². The molecule has 0 aliphatic rings. The monoisotopic (exact) mass is 313 g/mol. The third-order valence-corrected chi connectivity index (χ3v) is 3.94. The van der Waals surface area contributed by atoms with Gasteiger partial charge in [-0.15, -0.1) is 0 Å². The van der Waals surface area contributed by atoms with Crippen LogP contribution in [0.4, 0.5) is 0 Å². The molecular weight excluding hydrogens is 270 g/mol. The second-order valence-corrected chi connectivity index (χ2v) is 5.65. The van der Waals surface area contributed by atoms with E-state index >= 15 is 0 Å². The summed E-state index contributed by atoms with van der Waals surface area (Å²) < 4.78 is 1.42. The summed E-state index contributed by atoms with van der Waals surface area (Å²) in [5, 5.41) is 0. The van der Waals surface area contributed by atoms with Crippen LogP contribution in [0.1, 0.15) is 79.1 Å². The first-order valence-electron chi connectivity index (χ1n) is 8.09. The molecule has 0 saturated heterocycles. The lowest BCUT2D eigenvalue weighted by Gasteiger charge is -2.39. The molecule has 136 valence electrons. The van der Waals surface area contributed by atoms with Gasteiger partial charge in [-0.3, -0.25) is 0 Å². The van der Waals surface area contributed by atoms with Crippen molar-refractivity contribution in [3.8, 4) is 0 Å². The Balaban J connectivity index is -0.000000213. The fourth-order valence-corrected chi connectivity index (χ4v) is 2.64.